The van der Waals surface area contributed by atoms with Crippen molar-refractivity contribution >= 4 is 5.96 Å². The van der Waals surface area contributed by atoms with Gasteiger partial charge in [0.2, 0.25) is 0 Å². The summed E-state index contributed by atoms with van der Waals surface area (Å²) in [5, 5.41) is 211. The number of hydrogen-bond donors (Lipinski definition) is 21. The van der Waals surface area contributed by atoms with Crippen molar-refractivity contribution in [2.45, 2.75) is 222 Å². The highest BCUT2D eigenvalue weighted by Crippen LogP contribution is 2.39. The summed E-state index contributed by atoms with van der Waals surface area (Å²) in [5.41, 5.74) is 11.1. The van der Waals surface area contributed by atoms with E-state index >= 15 is 0 Å². The Morgan fingerprint density at radius 2 is 0.468 bits per heavy atom. The van der Waals surface area contributed by atoms with Gasteiger partial charge in [0.1, 0.15) is 165 Å². The fraction of sp³-hybridized carbons (Fsp3) is 0.977. The highest BCUT2D eigenvalue weighted by molar-refractivity contribution is 5.75. The molecule has 21 saturated heterocycles. The van der Waals surface area contributed by atoms with Crippen LogP contribution >= 0.6 is 0 Å². The van der Waals surface area contributed by atoms with Crippen LogP contribution in [0.5, 0.6) is 0 Å². The SMILES string of the molecule is C[C@H]1O[C@@H]2O[C@H]3[C@H](O)[C@@H](O)[C@@H](O[C@H]4[C@H](O)[C@@H](O)[C@@H](O[C@H]5[C@H](O)[C@@H](O)[C@@H](O[C@H]6[C@H](O)[C@@H](O)[C@@H](O[C@H]7[C@H](O)[C@H](O)[C@@H](O[C@H]8[C@H](O)[C@H](O)[C@@H](O[C@H]1[C@H](O)[C@H]2O)O[C@@H]8CO)O[C@@H]7CO)O[C@@H]6CN=C(N)N)O[C@@H]5CO)O[C@@H]4CO)O[C@@H]3CO. The second-order valence-electron chi connectivity index (χ2n) is 20.2. The third kappa shape index (κ3) is 12.7. The first-order valence-electron chi connectivity index (χ1n) is 25.3. The van der Waals surface area contributed by atoms with Gasteiger partial charge in [0.25, 0.3) is 0 Å². The number of aliphatic imine (C=N–C) groups is 1. The fourth-order valence-electron chi connectivity index (χ4n) is 10.6. The largest absolute Gasteiger partial charge is 0.394 e. The third-order valence-corrected chi connectivity index (χ3v) is 15.0. The van der Waals surface area contributed by atoms with Gasteiger partial charge in [-0.05, 0) is 6.92 Å². The Kier molecular flexibility index (Phi) is 21.1. The van der Waals surface area contributed by atoms with Gasteiger partial charge in [0, 0.05) is 0 Å². The number of guanidine groups is 1. The van der Waals surface area contributed by atoms with E-state index in [1.807, 2.05) is 0 Å². The summed E-state index contributed by atoms with van der Waals surface area (Å²) in [6, 6.07) is 0. The van der Waals surface area contributed by atoms with Gasteiger partial charge in [0.15, 0.2) is 50.0 Å². The van der Waals surface area contributed by atoms with E-state index < -0.39 is 260 Å². The first kappa shape index (κ1) is 63.0. The summed E-state index contributed by atoms with van der Waals surface area (Å²) in [6.07, 6.45) is -68.3. The Bertz CT molecular complexity index is 1950. The molecule has 0 saturated carbocycles. The van der Waals surface area contributed by atoms with Crippen molar-refractivity contribution in [3.05, 3.63) is 0 Å². The Morgan fingerprint density at radius 1 is 0.278 bits per heavy atom. The van der Waals surface area contributed by atoms with Crippen LogP contribution in [-0.4, -0.2) is 358 Å². The second kappa shape index (κ2) is 26.5. The molecule has 23 N–H and O–H groups in total. The molecule has 0 aromatic rings. The van der Waals surface area contributed by atoms with Crippen LogP contribution in [0.1, 0.15) is 6.92 Å². The molecular weight excluding hydrogens is 1090 g/mol. The monoisotopic (exact) mass is 1160 g/mol. The van der Waals surface area contributed by atoms with E-state index in [0.29, 0.717) is 0 Å². The Balaban J connectivity index is 1.09. The van der Waals surface area contributed by atoms with Crippen LogP contribution in [0.15, 0.2) is 4.99 Å². The summed E-state index contributed by atoms with van der Waals surface area (Å²) in [6.45, 7) is -4.44. The van der Waals surface area contributed by atoms with Crippen molar-refractivity contribution in [1.29, 1.82) is 0 Å². The average Bonchev–Trinajstić information content (AvgIpc) is 3.47. The standard InChI is InChI=1S/C43H73N3O33/c1-8-29-15(52)22(59)36(66-8)75-31-10(3-47)70-40(26(63)18(31)55)79-35-14(7-51)72-42(28(65)21(35)58)78-34-13(6-50)69-39(25(62)19(34)56)74-30-9(2-46-43(44)45)67-37(23(60)16(30)53)76-32-12(5-49)71-41(27(64)20(32)57)77-33-11(4-48)68-38(73-29)24(61)17(33)54/h8-42,47-65H,2-7H2,1H3,(H4,44,45,46)/t8-,9-,10-,11-,12-,13-,14-,15-,16-,17-,18-,19-,20-,21-,22-,23-,24+,25-,26-,27+,28-,29-,30-,31-,32-,33-,34-,35-,36-,37-,38-,39-,40-,41-,42-/m1/s1. The molecule has 21 aliphatic heterocycles. The van der Waals surface area contributed by atoms with Crippen molar-refractivity contribution in [2.75, 3.05) is 39.6 Å². The fourth-order valence-corrected chi connectivity index (χ4v) is 10.6. The van der Waals surface area contributed by atoms with E-state index in [-0.39, 0.29) is 0 Å². The van der Waals surface area contributed by atoms with E-state index in [9.17, 15) is 97.0 Å². The van der Waals surface area contributed by atoms with Crippen molar-refractivity contribution in [3.63, 3.8) is 0 Å². The van der Waals surface area contributed by atoms with Crippen LogP contribution in [-0.2, 0) is 66.3 Å². The lowest BCUT2D eigenvalue weighted by atomic mass is 9.95. The molecule has 0 spiro atoms. The number of aliphatic hydroxyl groups excluding tert-OH is 19. The van der Waals surface area contributed by atoms with Gasteiger partial charge < -0.3 is 175 Å². The number of nitrogens with zero attached hydrogens (tertiary/aromatic N) is 1. The maximum atomic E-state index is 11.6. The highest BCUT2D eigenvalue weighted by atomic mass is 16.8. The van der Waals surface area contributed by atoms with E-state index in [2.05, 4.69) is 4.99 Å². The molecular formula is C43H73N3O33. The van der Waals surface area contributed by atoms with Gasteiger partial charge in [-0.3, -0.25) is 4.99 Å². The Morgan fingerprint density at radius 3 is 0.696 bits per heavy atom. The summed E-state index contributed by atoms with van der Waals surface area (Å²) in [5.74, 6) is -0.533. The molecule has 21 fully saturated rings. The molecule has 36 nitrogen and oxygen atoms in total. The van der Waals surface area contributed by atoms with E-state index in [1.165, 1.54) is 6.92 Å². The molecule has 36 heteroatoms. The zero-order valence-electron chi connectivity index (χ0n) is 41.8. The summed E-state index contributed by atoms with van der Waals surface area (Å²) >= 11 is 0. The molecule has 21 aliphatic rings. The van der Waals surface area contributed by atoms with Crippen LogP contribution in [0.4, 0.5) is 0 Å². The second-order valence-corrected chi connectivity index (χ2v) is 20.2. The van der Waals surface area contributed by atoms with Crippen LogP contribution in [0.3, 0.4) is 0 Å². The number of aliphatic hydroxyl groups is 19. The summed E-state index contributed by atoms with van der Waals surface area (Å²) in [4.78, 5) is 3.85. The van der Waals surface area contributed by atoms with Crippen molar-refractivity contribution in [2.24, 2.45) is 16.5 Å². The van der Waals surface area contributed by atoms with Gasteiger partial charge in [0.05, 0.1) is 45.7 Å². The minimum atomic E-state index is -2.21. The lowest BCUT2D eigenvalue weighted by Crippen LogP contribution is -2.68. The maximum Gasteiger partial charge on any atom is 0.187 e. The molecule has 79 heavy (non-hydrogen) atoms. The number of hydrogen-bond acceptors (Lipinski definition) is 34. The zero-order chi connectivity index (χ0) is 57.6. The quantitative estimate of drug-likeness (QED) is 0.0831. The van der Waals surface area contributed by atoms with Crippen molar-refractivity contribution in [1.82, 2.24) is 0 Å². The van der Waals surface area contributed by atoms with Gasteiger partial charge in [-0.2, -0.15) is 0 Å². The van der Waals surface area contributed by atoms with Crippen LogP contribution in [0.2, 0.25) is 0 Å². The number of ether oxygens (including phenoxy) is 14. The van der Waals surface area contributed by atoms with Gasteiger partial charge >= 0.3 is 0 Å². The first-order chi connectivity index (χ1) is 37.5. The van der Waals surface area contributed by atoms with Crippen molar-refractivity contribution in [3.8, 4) is 0 Å². The minimum absolute atomic E-state index is 0.533. The van der Waals surface area contributed by atoms with E-state index in [4.69, 9.17) is 77.8 Å². The summed E-state index contributed by atoms with van der Waals surface area (Å²) in [7, 11) is 0. The summed E-state index contributed by atoms with van der Waals surface area (Å²) < 4.78 is 80.6. The normalized spacial score (nSPS) is 54.2. The topological polar surface area (TPSA) is 578 Å². The third-order valence-electron chi connectivity index (χ3n) is 15.0. The van der Waals surface area contributed by atoms with Gasteiger partial charge in [-0.25, -0.2) is 0 Å². The molecule has 0 radical (unpaired) electrons. The molecule has 21 heterocycles. The van der Waals surface area contributed by atoms with Crippen LogP contribution in [0, 0.1) is 0 Å². The smallest absolute Gasteiger partial charge is 0.187 e. The van der Waals surface area contributed by atoms with Crippen LogP contribution in [0.25, 0.3) is 0 Å². The Labute approximate surface area is 446 Å². The molecule has 0 aliphatic carbocycles. The minimum Gasteiger partial charge on any atom is -0.394 e. The molecule has 458 valence electrons. The average molecular weight is 1160 g/mol. The first-order valence-corrected chi connectivity index (χ1v) is 25.3. The highest BCUT2D eigenvalue weighted by Gasteiger charge is 2.59. The Hall–Kier alpha value is -2.05. The molecule has 14 bridgehead atoms. The predicted octanol–water partition coefficient (Wildman–Crippen LogP) is -14.9. The molecule has 35 atom stereocenters. The maximum absolute atomic E-state index is 11.6. The van der Waals surface area contributed by atoms with Gasteiger partial charge in [-0.15, -0.1) is 0 Å². The lowest BCUT2D eigenvalue weighted by molar-refractivity contribution is -0.395. The zero-order valence-corrected chi connectivity index (χ0v) is 41.8. The molecule has 0 aromatic carbocycles. The van der Waals surface area contributed by atoms with E-state index in [0.717, 1.165) is 0 Å². The number of rotatable bonds is 7. The number of nitrogens with two attached hydrogens (primary N) is 2. The van der Waals surface area contributed by atoms with E-state index in [1.54, 1.807) is 0 Å². The molecule has 21 rings (SSSR count). The van der Waals surface area contributed by atoms with Gasteiger partial charge in [-0.1, -0.05) is 0 Å². The molecule has 0 amide bonds. The molecule has 0 aromatic heterocycles. The van der Waals surface area contributed by atoms with Crippen molar-refractivity contribution < 1.29 is 163 Å². The lowest BCUT2D eigenvalue weighted by Gasteiger charge is -2.50. The molecule has 0 unspecified atom stereocenters. The van der Waals surface area contributed by atoms with Crippen LogP contribution < -0.4 is 11.5 Å². The predicted molar refractivity (Wildman–Crippen MR) is 241 cm³/mol.